The quantitative estimate of drug-likeness (QED) is 0.809. The summed E-state index contributed by atoms with van der Waals surface area (Å²) in [6.07, 6.45) is 5.02. The molecule has 2 aliphatic rings. The number of nitrogens with one attached hydrogen (secondary N) is 1. The molecule has 1 N–H and O–H groups in total. The minimum atomic E-state index is 0.218. The van der Waals surface area contributed by atoms with Gasteiger partial charge in [0.2, 0.25) is 0 Å². The zero-order valence-electron chi connectivity index (χ0n) is 13.2. The highest BCUT2D eigenvalue weighted by molar-refractivity contribution is 4.92. The molecule has 1 aromatic heterocycles. The molecule has 1 unspecified atom stereocenters. The monoisotopic (exact) mass is 293 g/mol. The number of hydrogen-bond acceptors (Lipinski definition) is 5. The molecule has 1 aliphatic heterocycles. The molecule has 0 bridgehead atoms. The third-order valence-corrected chi connectivity index (χ3v) is 4.31. The zero-order valence-corrected chi connectivity index (χ0v) is 13.2. The van der Waals surface area contributed by atoms with Crippen molar-refractivity contribution in [3.63, 3.8) is 0 Å². The van der Waals surface area contributed by atoms with Crippen molar-refractivity contribution in [2.75, 3.05) is 26.2 Å². The van der Waals surface area contributed by atoms with Gasteiger partial charge in [-0.1, -0.05) is 5.21 Å². The smallest absolute Gasteiger partial charge is 0.0964 e. The second kappa shape index (κ2) is 6.85. The maximum atomic E-state index is 5.85. The molecule has 118 valence electrons. The minimum Gasteiger partial charge on any atom is -0.374 e. The molecule has 0 radical (unpaired) electrons. The molecule has 21 heavy (non-hydrogen) atoms. The number of ether oxygens (including phenoxy) is 1. The first-order chi connectivity index (χ1) is 10.2. The Morgan fingerprint density at radius 3 is 3.05 bits per heavy atom. The minimum absolute atomic E-state index is 0.218. The third-order valence-electron chi connectivity index (χ3n) is 4.31. The van der Waals surface area contributed by atoms with Crippen molar-refractivity contribution < 1.29 is 4.74 Å². The molecule has 2 fully saturated rings. The number of morpholine rings is 1. The van der Waals surface area contributed by atoms with Crippen LogP contribution in [0.15, 0.2) is 6.20 Å². The van der Waals surface area contributed by atoms with Crippen LogP contribution in [0.5, 0.6) is 0 Å². The summed E-state index contributed by atoms with van der Waals surface area (Å²) in [6, 6.07) is 0.578. The van der Waals surface area contributed by atoms with Crippen LogP contribution >= 0.6 is 0 Å². The van der Waals surface area contributed by atoms with E-state index in [9.17, 15) is 0 Å². The van der Waals surface area contributed by atoms with Gasteiger partial charge < -0.3 is 10.1 Å². The number of rotatable bonds is 7. The van der Waals surface area contributed by atoms with Crippen molar-refractivity contribution in [2.45, 2.75) is 51.9 Å². The molecule has 0 amide bonds. The lowest BCUT2D eigenvalue weighted by molar-refractivity contribution is -0.0471. The van der Waals surface area contributed by atoms with E-state index in [2.05, 4.69) is 34.4 Å². The Balaban J connectivity index is 1.44. The summed E-state index contributed by atoms with van der Waals surface area (Å²) in [5, 5.41) is 11.9. The average Bonchev–Trinajstić information content (AvgIpc) is 3.19. The van der Waals surface area contributed by atoms with Crippen LogP contribution in [0, 0.1) is 5.92 Å². The summed E-state index contributed by atoms with van der Waals surface area (Å²) in [5.74, 6) is 0.901. The van der Waals surface area contributed by atoms with Crippen LogP contribution in [-0.4, -0.2) is 58.3 Å². The number of aromatic nitrogens is 3. The lowest BCUT2D eigenvalue weighted by Crippen LogP contribution is -2.47. The molecular weight excluding hydrogens is 266 g/mol. The fraction of sp³-hybridized carbons (Fsp3) is 0.867. The summed E-state index contributed by atoms with van der Waals surface area (Å²) in [6.45, 7) is 10.0. The standard InChI is InChI=1S/C15H27N5O/c1-12(2)19-5-6-21-15(10-19)11-20-9-14(17-18-20)8-16-7-13-3-4-13/h9,12-13,15-16H,3-8,10-11H2,1-2H3. The van der Waals surface area contributed by atoms with Gasteiger partial charge in [0.05, 0.1) is 24.9 Å². The molecule has 1 aromatic rings. The maximum absolute atomic E-state index is 5.85. The first-order valence-corrected chi connectivity index (χ1v) is 8.16. The Labute approximate surface area is 126 Å². The molecule has 0 spiro atoms. The second-order valence-electron chi connectivity index (χ2n) is 6.59. The van der Waals surface area contributed by atoms with Gasteiger partial charge in [0.1, 0.15) is 0 Å². The summed E-state index contributed by atoms with van der Waals surface area (Å²) in [4.78, 5) is 2.46. The highest BCUT2D eigenvalue weighted by Crippen LogP contribution is 2.27. The molecule has 1 aliphatic carbocycles. The normalized spacial score (nSPS) is 23.9. The van der Waals surface area contributed by atoms with Gasteiger partial charge in [0, 0.05) is 31.9 Å². The molecule has 6 nitrogen and oxygen atoms in total. The van der Waals surface area contributed by atoms with E-state index in [1.54, 1.807) is 0 Å². The van der Waals surface area contributed by atoms with E-state index in [4.69, 9.17) is 4.74 Å². The van der Waals surface area contributed by atoms with E-state index < -0.39 is 0 Å². The van der Waals surface area contributed by atoms with E-state index in [-0.39, 0.29) is 6.10 Å². The van der Waals surface area contributed by atoms with E-state index in [1.807, 2.05) is 10.9 Å². The van der Waals surface area contributed by atoms with E-state index >= 15 is 0 Å². The van der Waals surface area contributed by atoms with Gasteiger partial charge in [-0.25, -0.2) is 4.68 Å². The van der Waals surface area contributed by atoms with Crippen molar-refractivity contribution >= 4 is 0 Å². The molecule has 3 rings (SSSR count). The molecule has 1 atom stereocenters. The van der Waals surface area contributed by atoms with E-state index in [0.717, 1.165) is 50.9 Å². The number of hydrogen-bond donors (Lipinski definition) is 1. The van der Waals surface area contributed by atoms with Crippen LogP contribution in [-0.2, 0) is 17.8 Å². The van der Waals surface area contributed by atoms with Crippen molar-refractivity contribution in [3.05, 3.63) is 11.9 Å². The van der Waals surface area contributed by atoms with Crippen molar-refractivity contribution in [1.29, 1.82) is 0 Å². The van der Waals surface area contributed by atoms with E-state index in [0.29, 0.717) is 6.04 Å². The topological polar surface area (TPSA) is 55.2 Å². The Kier molecular flexibility index (Phi) is 4.87. The van der Waals surface area contributed by atoms with Gasteiger partial charge in [0.25, 0.3) is 0 Å². The molecule has 0 aromatic carbocycles. The van der Waals surface area contributed by atoms with Gasteiger partial charge in [0.15, 0.2) is 0 Å². The first-order valence-electron chi connectivity index (χ1n) is 8.16. The van der Waals surface area contributed by atoms with Gasteiger partial charge in [-0.15, -0.1) is 5.10 Å². The predicted molar refractivity (Wildman–Crippen MR) is 80.9 cm³/mol. The maximum Gasteiger partial charge on any atom is 0.0964 e. The van der Waals surface area contributed by atoms with Crippen LogP contribution in [0.4, 0.5) is 0 Å². The third kappa shape index (κ3) is 4.49. The Morgan fingerprint density at radius 1 is 1.43 bits per heavy atom. The Hall–Kier alpha value is -0.980. The fourth-order valence-corrected chi connectivity index (χ4v) is 2.77. The first kappa shape index (κ1) is 14.9. The summed E-state index contributed by atoms with van der Waals surface area (Å²) in [7, 11) is 0. The van der Waals surface area contributed by atoms with Crippen LogP contribution in [0.25, 0.3) is 0 Å². The lowest BCUT2D eigenvalue weighted by atomic mass is 10.2. The number of nitrogens with zero attached hydrogens (tertiary/aromatic N) is 4. The van der Waals surface area contributed by atoms with Crippen molar-refractivity contribution in [2.24, 2.45) is 5.92 Å². The van der Waals surface area contributed by atoms with Gasteiger partial charge in [-0.2, -0.15) is 0 Å². The second-order valence-corrected chi connectivity index (χ2v) is 6.59. The summed E-state index contributed by atoms with van der Waals surface area (Å²) in [5.41, 5.74) is 1.02. The zero-order chi connectivity index (χ0) is 14.7. The Bertz CT molecular complexity index is 443. The van der Waals surface area contributed by atoms with Crippen molar-refractivity contribution in [1.82, 2.24) is 25.2 Å². The molecule has 2 heterocycles. The largest absolute Gasteiger partial charge is 0.374 e. The molecule has 1 saturated heterocycles. The summed E-state index contributed by atoms with van der Waals surface area (Å²) < 4.78 is 7.77. The SMILES string of the molecule is CC(C)N1CCOC(Cn2cc(CNCC3CC3)nn2)C1. The average molecular weight is 293 g/mol. The van der Waals surface area contributed by atoms with Crippen LogP contribution in [0.2, 0.25) is 0 Å². The van der Waals surface area contributed by atoms with Gasteiger partial charge in [-0.05, 0) is 39.2 Å². The van der Waals surface area contributed by atoms with Crippen LogP contribution in [0.1, 0.15) is 32.4 Å². The predicted octanol–water partition coefficient (Wildman–Crippen LogP) is 0.887. The lowest BCUT2D eigenvalue weighted by Gasteiger charge is -2.35. The van der Waals surface area contributed by atoms with Crippen molar-refractivity contribution in [3.8, 4) is 0 Å². The van der Waals surface area contributed by atoms with Gasteiger partial charge in [-0.3, -0.25) is 4.90 Å². The highest BCUT2D eigenvalue weighted by Gasteiger charge is 2.23. The molecule has 6 heteroatoms. The molecular formula is C15H27N5O. The highest BCUT2D eigenvalue weighted by atomic mass is 16.5. The van der Waals surface area contributed by atoms with E-state index in [1.165, 1.54) is 12.8 Å². The fourth-order valence-electron chi connectivity index (χ4n) is 2.77. The van der Waals surface area contributed by atoms with Gasteiger partial charge >= 0.3 is 0 Å². The van der Waals surface area contributed by atoms with Crippen LogP contribution < -0.4 is 5.32 Å². The summed E-state index contributed by atoms with van der Waals surface area (Å²) >= 11 is 0. The molecule has 1 saturated carbocycles. The Morgan fingerprint density at radius 2 is 2.29 bits per heavy atom. The van der Waals surface area contributed by atoms with Crippen LogP contribution in [0.3, 0.4) is 0 Å².